The number of nitrogens with two attached hydrogens (primary N) is 1. The van der Waals surface area contributed by atoms with Crippen LogP contribution in [0.4, 0.5) is 30.8 Å². The van der Waals surface area contributed by atoms with Gasteiger partial charge in [-0.2, -0.15) is 0 Å². The number of fused-ring (bicyclic) bond motifs is 1. The zero-order valence-electron chi connectivity index (χ0n) is 15.9. The lowest BCUT2D eigenvalue weighted by molar-refractivity contribution is 0.262. The molecule has 0 aliphatic carbocycles. The Morgan fingerprint density at radius 2 is 1.87 bits per heavy atom. The maximum Gasteiger partial charge on any atom is 0.323 e. The number of aryl methyl sites for hydroxylation is 1. The molecule has 0 radical (unpaired) electrons. The topological polar surface area (TPSA) is 92.9 Å². The van der Waals surface area contributed by atoms with E-state index in [1.54, 1.807) is 23.5 Å². The summed E-state index contributed by atoms with van der Waals surface area (Å²) in [6, 6.07) is 9.49. The molecule has 30 heavy (non-hydrogen) atoms. The van der Waals surface area contributed by atoms with Gasteiger partial charge in [-0.3, -0.25) is 0 Å². The van der Waals surface area contributed by atoms with Crippen LogP contribution in [0.3, 0.4) is 0 Å². The van der Waals surface area contributed by atoms with Crippen molar-refractivity contribution in [1.82, 2.24) is 9.97 Å². The molecular formula is C21H17F2N5OS. The van der Waals surface area contributed by atoms with Gasteiger partial charge in [0.15, 0.2) is 0 Å². The van der Waals surface area contributed by atoms with Crippen molar-refractivity contribution in [2.75, 3.05) is 16.4 Å². The third kappa shape index (κ3) is 3.79. The molecule has 0 bridgehead atoms. The Bertz CT molecular complexity index is 1240. The van der Waals surface area contributed by atoms with E-state index >= 15 is 0 Å². The van der Waals surface area contributed by atoms with E-state index in [0.29, 0.717) is 17.6 Å². The zero-order chi connectivity index (χ0) is 21.3. The second-order valence-corrected chi connectivity index (χ2v) is 7.56. The predicted molar refractivity (Wildman–Crippen MR) is 116 cm³/mol. The number of hydrogen-bond donors (Lipinski definition) is 3. The molecule has 2 aromatic carbocycles. The van der Waals surface area contributed by atoms with Gasteiger partial charge in [-0.05, 0) is 36.2 Å². The largest absolute Gasteiger partial charge is 0.383 e. The van der Waals surface area contributed by atoms with Crippen molar-refractivity contribution in [3.05, 3.63) is 65.3 Å². The van der Waals surface area contributed by atoms with E-state index in [1.807, 2.05) is 12.1 Å². The number of benzene rings is 2. The first-order valence-corrected chi connectivity index (χ1v) is 9.93. The number of carbonyl (C=O) groups is 1. The molecule has 0 aliphatic rings. The maximum absolute atomic E-state index is 13.7. The summed E-state index contributed by atoms with van der Waals surface area (Å²) in [5.41, 5.74) is 8.40. The molecule has 0 saturated carbocycles. The molecular weight excluding hydrogens is 408 g/mol. The van der Waals surface area contributed by atoms with Gasteiger partial charge in [0, 0.05) is 22.2 Å². The Balaban J connectivity index is 1.56. The summed E-state index contributed by atoms with van der Waals surface area (Å²) in [6.45, 7) is 2.06. The Hall–Kier alpha value is -3.59. The summed E-state index contributed by atoms with van der Waals surface area (Å²) in [5, 5.41) is 5.80. The highest BCUT2D eigenvalue weighted by molar-refractivity contribution is 7.19. The van der Waals surface area contributed by atoms with Crippen molar-refractivity contribution in [2.45, 2.75) is 13.3 Å². The van der Waals surface area contributed by atoms with E-state index in [9.17, 15) is 13.6 Å². The first kappa shape index (κ1) is 19.7. The average molecular weight is 425 g/mol. The van der Waals surface area contributed by atoms with Crippen LogP contribution in [0.1, 0.15) is 11.8 Å². The minimum absolute atomic E-state index is 0.113. The minimum Gasteiger partial charge on any atom is -0.383 e. The van der Waals surface area contributed by atoms with E-state index in [-0.39, 0.29) is 5.69 Å². The molecule has 2 heterocycles. The van der Waals surface area contributed by atoms with Gasteiger partial charge in [0.1, 0.15) is 28.6 Å². The molecule has 0 saturated heterocycles. The van der Waals surface area contributed by atoms with Gasteiger partial charge in [0.25, 0.3) is 0 Å². The molecule has 2 aromatic heterocycles. The Kier molecular flexibility index (Phi) is 5.28. The van der Waals surface area contributed by atoms with E-state index in [1.165, 1.54) is 6.33 Å². The predicted octanol–water partition coefficient (Wildman–Crippen LogP) is 5.43. The fourth-order valence-corrected chi connectivity index (χ4v) is 4.26. The molecule has 0 atom stereocenters. The number of nitrogens with zero attached hydrogens (tertiary/aromatic N) is 2. The van der Waals surface area contributed by atoms with E-state index in [4.69, 9.17) is 5.73 Å². The number of anilines is 3. The lowest BCUT2D eigenvalue weighted by Crippen LogP contribution is -2.20. The van der Waals surface area contributed by atoms with Gasteiger partial charge in [-0.1, -0.05) is 19.1 Å². The van der Waals surface area contributed by atoms with Crippen molar-refractivity contribution in [3.63, 3.8) is 0 Å². The maximum atomic E-state index is 13.7. The minimum atomic E-state index is -0.850. The van der Waals surface area contributed by atoms with E-state index in [2.05, 4.69) is 27.5 Å². The van der Waals surface area contributed by atoms with Gasteiger partial charge in [-0.25, -0.2) is 23.5 Å². The number of amides is 2. The van der Waals surface area contributed by atoms with Crippen LogP contribution in [0.15, 0.2) is 48.8 Å². The van der Waals surface area contributed by atoms with E-state index in [0.717, 1.165) is 44.8 Å². The highest BCUT2D eigenvalue weighted by Gasteiger charge is 2.17. The van der Waals surface area contributed by atoms with Crippen LogP contribution in [0.5, 0.6) is 0 Å². The van der Waals surface area contributed by atoms with Crippen molar-refractivity contribution >= 4 is 44.8 Å². The molecule has 4 aromatic rings. The monoisotopic (exact) mass is 425 g/mol. The number of nitrogen functional groups attached to an aromatic ring is 1. The number of halogens is 2. The van der Waals surface area contributed by atoms with Crippen LogP contribution in [0, 0.1) is 11.6 Å². The number of carbonyl (C=O) groups excluding carboxylic acids is 1. The quantitative estimate of drug-likeness (QED) is 0.407. The normalized spacial score (nSPS) is 10.9. The van der Waals surface area contributed by atoms with Crippen molar-refractivity contribution in [1.29, 1.82) is 0 Å². The highest BCUT2D eigenvalue weighted by Crippen LogP contribution is 2.40. The standard InChI is InChI=1S/C21H17F2N5OS/c1-2-16-17(18-19(24)25-10-26-20(18)30-16)11-3-6-13(7-4-11)27-21(29)28-15-8-5-12(22)9-14(15)23/h3-10H,2H2,1H3,(H2,24,25,26)(H2,27,28,29). The Morgan fingerprint density at radius 1 is 1.10 bits per heavy atom. The first-order chi connectivity index (χ1) is 14.5. The molecule has 4 N–H and O–H groups in total. The number of hydrogen-bond acceptors (Lipinski definition) is 5. The van der Waals surface area contributed by atoms with Crippen LogP contribution in [-0.2, 0) is 6.42 Å². The number of rotatable bonds is 4. The Labute approximate surface area is 174 Å². The van der Waals surface area contributed by atoms with Crippen molar-refractivity contribution < 1.29 is 13.6 Å². The molecule has 6 nitrogen and oxygen atoms in total. The summed E-state index contributed by atoms with van der Waals surface area (Å²) in [7, 11) is 0. The van der Waals surface area contributed by atoms with Crippen molar-refractivity contribution in [2.24, 2.45) is 0 Å². The molecule has 0 unspecified atom stereocenters. The van der Waals surface area contributed by atoms with Gasteiger partial charge < -0.3 is 16.4 Å². The summed E-state index contributed by atoms with van der Waals surface area (Å²) >= 11 is 1.58. The molecule has 0 fully saturated rings. The number of aromatic nitrogens is 2. The first-order valence-electron chi connectivity index (χ1n) is 9.11. The molecule has 0 spiro atoms. The molecule has 0 aliphatic heterocycles. The number of nitrogens with one attached hydrogen (secondary N) is 2. The molecule has 2 amide bonds. The summed E-state index contributed by atoms with van der Waals surface area (Å²) in [4.78, 5) is 22.5. The number of thiophene rings is 1. The fraction of sp³-hybridized carbons (Fsp3) is 0.0952. The van der Waals surface area contributed by atoms with Gasteiger partial charge >= 0.3 is 6.03 Å². The van der Waals surface area contributed by atoms with Gasteiger partial charge in [0.05, 0.1) is 11.1 Å². The smallest absolute Gasteiger partial charge is 0.323 e. The highest BCUT2D eigenvalue weighted by atomic mass is 32.1. The lowest BCUT2D eigenvalue weighted by atomic mass is 10.0. The molecule has 4 rings (SSSR count). The van der Waals surface area contributed by atoms with Crippen molar-refractivity contribution in [3.8, 4) is 11.1 Å². The molecule has 9 heteroatoms. The molecule has 152 valence electrons. The van der Waals surface area contributed by atoms with Crippen LogP contribution in [0.2, 0.25) is 0 Å². The fourth-order valence-electron chi connectivity index (χ4n) is 3.15. The van der Waals surface area contributed by atoms with Gasteiger partial charge in [-0.15, -0.1) is 11.3 Å². The third-order valence-corrected chi connectivity index (χ3v) is 5.76. The van der Waals surface area contributed by atoms with E-state index < -0.39 is 17.7 Å². The van der Waals surface area contributed by atoms with Gasteiger partial charge in [0.2, 0.25) is 0 Å². The SMILES string of the molecule is CCc1sc2ncnc(N)c2c1-c1ccc(NC(=O)Nc2ccc(F)cc2F)cc1. The van der Waals surface area contributed by atoms with Crippen LogP contribution < -0.4 is 16.4 Å². The summed E-state index contributed by atoms with van der Waals surface area (Å²) in [6.07, 6.45) is 2.27. The zero-order valence-corrected chi connectivity index (χ0v) is 16.7. The third-order valence-electron chi connectivity index (χ3n) is 4.52. The second kappa shape index (κ2) is 8.03. The summed E-state index contributed by atoms with van der Waals surface area (Å²) in [5.74, 6) is -1.14. The van der Waals surface area contributed by atoms with Crippen LogP contribution >= 0.6 is 11.3 Å². The second-order valence-electron chi connectivity index (χ2n) is 6.47. The number of urea groups is 1. The van der Waals surface area contributed by atoms with Crippen LogP contribution in [0.25, 0.3) is 21.3 Å². The lowest BCUT2D eigenvalue weighted by Gasteiger charge is -2.10. The summed E-state index contributed by atoms with van der Waals surface area (Å²) < 4.78 is 26.7. The average Bonchev–Trinajstić information content (AvgIpc) is 3.11. The van der Waals surface area contributed by atoms with Crippen LogP contribution in [-0.4, -0.2) is 16.0 Å². The Morgan fingerprint density at radius 3 is 2.57 bits per heavy atom.